The van der Waals surface area contributed by atoms with Crippen LogP contribution in [0.3, 0.4) is 0 Å². The number of β-amino-alcohol motifs (C(OH)–C–C–N with tert-alkyl or cyclic N) is 1. The van der Waals surface area contributed by atoms with Gasteiger partial charge >= 0.3 is 0 Å². The lowest BCUT2D eigenvalue weighted by Crippen LogP contribution is -2.56. The van der Waals surface area contributed by atoms with Gasteiger partial charge in [0.25, 0.3) is 0 Å². The Bertz CT molecular complexity index is 212. The van der Waals surface area contributed by atoms with Gasteiger partial charge in [-0.2, -0.15) is 0 Å². The summed E-state index contributed by atoms with van der Waals surface area (Å²) in [4.78, 5) is 2.29. The van der Waals surface area contributed by atoms with Gasteiger partial charge < -0.3 is 19.9 Å². The number of nitrogens with zero attached hydrogens (tertiary/aromatic N) is 1. The molecule has 0 aliphatic carbocycles. The Kier molecular flexibility index (Phi) is 6.37. The molecule has 1 atom stereocenters. The quantitative estimate of drug-likeness (QED) is 0.604. The summed E-state index contributed by atoms with van der Waals surface area (Å²) in [6.07, 6.45) is -0.343. The molecular weight excluding hydrogens is 220 g/mol. The number of nitrogens with one attached hydrogen (secondary N) is 1. The average molecular weight is 246 g/mol. The topological polar surface area (TPSA) is 54.0 Å². The number of hydrogen-bond acceptors (Lipinski definition) is 5. The van der Waals surface area contributed by atoms with Gasteiger partial charge in [-0.25, -0.2) is 0 Å². The van der Waals surface area contributed by atoms with Crippen LogP contribution < -0.4 is 5.32 Å². The van der Waals surface area contributed by atoms with Crippen molar-refractivity contribution < 1.29 is 14.6 Å². The maximum Gasteiger partial charge on any atom is 0.0791 e. The van der Waals surface area contributed by atoms with Crippen LogP contribution >= 0.6 is 0 Å². The molecule has 1 saturated heterocycles. The first-order valence-corrected chi connectivity index (χ1v) is 6.27. The van der Waals surface area contributed by atoms with Crippen LogP contribution in [-0.4, -0.2) is 74.8 Å². The van der Waals surface area contributed by atoms with Crippen molar-refractivity contribution in [1.82, 2.24) is 10.2 Å². The summed E-state index contributed by atoms with van der Waals surface area (Å²) in [5.41, 5.74) is 0.0196. The van der Waals surface area contributed by atoms with E-state index in [0.717, 1.165) is 26.3 Å². The van der Waals surface area contributed by atoms with E-state index in [1.54, 1.807) is 7.11 Å². The molecule has 0 saturated carbocycles. The van der Waals surface area contributed by atoms with Crippen molar-refractivity contribution in [3.63, 3.8) is 0 Å². The first kappa shape index (κ1) is 14.9. The second kappa shape index (κ2) is 7.28. The molecule has 1 unspecified atom stereocenters. The predicted octanol–water partition coefficient (Wildman–Crippen LogP) is -0.306. The maximum absolute atomic E-state index is 9.95. The minimum absolute atomic E-state index is 0.0196. The highest BCUT2D eigenvalue weighted by molar-refractivity contribution is 4.85. The van der Waals surface area contributed by atoms with Crippen LogP contribution in [0.2, 0.25) is 0 Å². The lowest BCUT2D eigenvalue weighted by atomic mass is 10.0. The highest BCUT2D eigenvalue weighted by Gasteiger charge is 2.31. The van der Waals surface area contributed by atoms with Crippen molar-refractivity contribution in [3.8, 4) is 0 Å². The highest BCUT2D eigenvalue weighted by atomic mass is 16.5. The van der Waals surface area contributed by atoms with Crippen molar-refractivity contribution in [2.24, 2.45) is 0 Å². The second-order valence-corrected chi connectivity index (χ2v) is 5.16. The van der Waals surface area contributed by atoms with Crippen LogP contribution in [0.5, 0.6) is 0 Å². The number of ether oxygens (including phenoxy) is 2. The molecule has 1 heterocycles. The Morgan fingerprint density at radius 1 is 1.53 bits per heavy atom. The third-order valence-electron chi connectivity index (χ3n) is 3.11. The summed E-state index contributed by atoms with van der Waals surface area (Å²) in [7, 11) is 1.67. The molecule has 0 aromatic rings. The summed E-state index contributed by atoms with van der Waals surface area (Å²) in [6.45, 7) is 9.43. The third-order valence-corrected chi connectivity index (χ3v) is 3.11. The summed E-state index contributed by atoms with van der Waals surface area (Å²) in [5.74, 6) is 0. The molecule has 5 heteroatoms. The Morgan fingerprint density at radius 2 is 2.29 bits per heavy atom. The van der Waals surface area contributed by atoms with Crippen LogP contribution in [0, 0.1) is 0 Å². The van der Waals surface area contributed by atoms with Gasteiger partial charge in [0, 0.05) is 38.8 Å². The van der Waals surface area contributed by atoms with Crippen molar-refractivity contribution >= 4 is 0 Å². The van der Waals surface area contributed by atoms with E-state index in [0.29, 0.717) is 19.7 Å². The van der Waals surface area contributed by atoms with E-state index in [-0.39, 0.29) is 11.6 Å². The van der Waals surface area contributed by atoms with E-state index in [9.17, 15) is 5.11 Å². The molecule has 1 aliphatic heterocycles. The molecule has 0 amide bonds. The molecule has 102 valence electrons. The summed E-state index contributed by atoms with van der Waals surface area (Å²) < 4.78 is 10.4. The van der Waals surface area contributed by atoms with Gasteiger partial charge in [-0.3, -0.25) is 4.90 Å². The van der Waals surface area contributed by atoms with Gasteiger partial charge in [0.2, 0.25) is 0 Å². The first-order valence-electron chi connectivity index (χ1n) is 6.27. The Balaban J connectivity index is 2.22. The SMILES string of the molecule is COCCNCC(O)CN1CCOCC1(C)C. The van der Waals surface area contributed by atoms with Crippen LogP contribution in [-0.2, 0) is 9.47 Å². The molecule has 1 fully saturated rings. The van der Waals surface area contributed by atoms with Gasteiger partial charge in [-0.1, -0.05) is 0 Å². The van der Waals surface area contributed by atoms with Crippen LogP contribution in [0.15, 0.2) is 0 Å². The second-order valence-electron chi connectivity index (χ2n) is 5.16. The molecular formula is C12H26N2O3. The van der Waals surface area contributed by atoms with E-state index in [2.05, 4.69) is 24.1 Å². The standard InChI is InChI=1S/C12H26N2O3/c1-12(2)10-17-7-5-14(12)9-11(15)8-13-4-6-16-3/h11,13,15H,4-10H2,1-3H3. The van der Waals surface area contributed by atoms with Gasteiger partial charge in [0.05, 0.1) is 25.9 Å². The molecule has 1 rings (SSSR count). The smallest absolute Gasteiger partial charge is 0.0791 e. The number of aliphatic hydroxyl groups is 1. The van der Waals surface area contributed by atoms with E-state index in [4.69, 9.17) is 9.47 Å². The molecule has 0 radical (unpaired) electrons. The number of aliphatic hydroxyl groups excluding tert-OH is 1. The zero-order valence-corrected chi connectivity index (χ0v) is 11.2. The fourth-order valence-electron chi connectivity index (χ4n) is 1.99. The van der Waals surface area contributed by atoms with E-state index < -0.39 is 0 Å². The molecule has 5 nitrogen and oxygen atoms in total. The minimum atomic E-state index is -0.343. The minimum Gasteiger partial charge on any atom is -0.390 e. The van der Waals surface area contributed by atoms with Gasteiger partial charge in [-0.15, -0.1) is 0 Å². The lowest BCUT2D eigenvalue weighted by Gasteiger charge is -2.43. The average Bonchev–Trinajstić information content (AvgIpc) is 2.27. The van der Waals surface area contributed by atoms with Crippen molar-refractivity contribution in [2.45, 2.75) is 25.5 Å². The van der Waals surface area contributed by atoms with Crippen molar-refractivity contribution in [1.29, 1.82) is 0 Å². The number of methoxy groups -OCH3 is 1. The third kappa shape index (κ3) is 5.31. The number of hydrogen-bond donors (Lipinski definition) is 2. The first-order chi connectivity index (χ1) is 8.06. The molecule has 1 aliphatic rings. The van der Waals surface area contributed by atoms with E-state index >= 15 is 0 Å². The van der Waals surface area contributed by atoms with Gasteiger partial charge in [0.1, 0.15) is 0 Å². The maximum atomic E-state index is 9.95. The monoisotopic (exact) mass is 246 g/mol. The molecule has 0 aromatic carbocycles. The van der Waals surface area contributed by atoms with Crippen LogP contribution in [0.25, 0.3) is 0 Å². The summed E-state index contributed by atoms with van der Waals surface area (Å²) >= 11 is 0. The fraction of sp³-hybridized carbons (Fsp3) is 1.00. The molecule has 2 N–H and O–H groups in total. The Morgan fingerprint density at radius 3 is 2.94 bits per heavy atom. The predicted molar refractivity (Wildman–Crippen MR) is 67.2 cm³/mol. The molecule has 0 bridgehead atoms. The van der Waals surface area contributed by atoms with Crippen LogP contribution in [0.4, 0.5) is 0 Å². The summed E-state index contributed by atoms with van der Waals surface area (Å²) in [5, 5.41) is 13.1. The normalized spacial score (nSPS) is 22.6. The lowest BCUT2D eigenvalue weighted by molar-refractivity contribution is -0.0660. The van der Waals surface area contributed by atoms with Crippen molar-refractivity contribution in [2.75, 3.05) is 53.1 Å². The summed E-state index contributed by atoms with van der Waals surface area (Å²) in [6, 6.07) is 0. The Labute approximate surface area is 104 Å². The zero-order chi connectivity index (χ0) is 12.7. The van der Waals surface area contributed by atoms with Gasteiger partial charge in [-0.05, 0) is 13.8 Å². The van der Waals surface area contributed by atoms with E-state index in [1.165, 1.54) is 0 Å². The van der Waals surface area contributed by atoms with E-state index in [1.807, 2.05) is 0 Å². The number of rotatable bonds is 7. The molecule has 0 spiro atoms. The zero-order valence-electron chi connectivity index (χ0n) is 11.2. The largest absolute Gasteiger partial charge is 0.390 e. The molecule has 0 aromatic heterocycles. The van der Waals surface area contributed by atoms with Gasteiger partial charge in [0.15, 0.2) is 0 Å². The Hall–Kier alpha value is -0.200. The number of morpholine rings is 1. The van der Waals surface area contributed by atoms with Crippen LogP contribution in [0.1, 0.15) is 13.8 Å². The highest BCUT2D eigenvalue weighted by Crippen LogP contribution is 2.18. The van der Waals surface area contributed by atoms with Crippen molar-refractivity contribution in [3.05, 3.63) is 0 Å². The molecule has 17 heavy (non-hydrogen) atoms. The fourth-order valence-corrected chi connectivity index (χ4v) is 1.99.